The molecule has 1 aliphatic rings. The molecule has 3 nitrogen and oxygen atoms in total. The van der Waals surface area contributed by atoms with E-state index in [0.29, 0.717) is 6.61 Å². The van der Waals surface area contributed by atoms with E-state index in [1.54, 1.807) is 0 Å². The maximum atomic E-state index is 12.3. The number of hydrogen-bond acceptors (Lipinski definition) is 3. The van der Waals surface area contributed by atoms with Gasteiger partial charge < -0.3 is 4.74 Å². The van der Waals surface area contributed by atoms with Gasteiger partial charge in [-0.1, -0.05) is 29.8 Å². The van der Waals surface area contributed by atoms with E-state index in [4.69, 9.17) is 4.74 Å². The third kappa shape index (κ3) is 3.35. The maximum absolute atomic E-state index is 12.3. The Morgan fingerprint density at radius 2 is 2.00 bits per heavy atom. The van der Waals surface area contributed by atoms with E-state index in [1.807, 2.05) is 45.0 Å². The van der Waals surface area contributed by atoms with Crippen molar-refractivity contribution in [2.24, 2.45) is 5.92 Å². The molecule has 0 amide bonds. The second-order valence-corrected chi connectivity index (χ2v) is 5.54. The summed E-state index contributed by atoms with van der Waals surface area (Å²) in [5.41, 5.74) is 1.42. The van der Waals surface area contributed by atoms with Crippen LogP contribution in [-0.4, -0.2) is 19.1 Å². The van der Waals surface area contributed by atoms with E-state index in [-0.39, 0.29) is 5.97 Å². The molecule has 1 fully saturated rings. The predicted octanol–water partition coefficient (Wildman–Crippen LogP) is 2.77. The van der Waals surface area contributed by atoms with Gasteiger partial charge in [0.1, 0.15) is 5.54 Å². The monoisotopic (exact) mass is 261 g/mol. The van der Waals surface area contributed by atoms with E-state index >= 15 is 0 Å². The lowest BCUT2D eigenvalue weighted by Gasteiger charge is -2.29. The number of aryl methyl sites for hydroxylation is 1. The fourth-order valence-corrected chi connectivity index (χ4v) is 2.12. The molecule has 1 aromatic carbocycles. The van der Waals surface area contributed by atoms with Crippen LogP contribution in [0.5, 0.6) is 0 Å². The molecule has 0 aromatic heterocycles. The summed E-state index contributed by atoms with van der Waals surface area (Å²) in [6.45, 7) is 7.09. The van der Waals surface area contributed by atoms with Gasteiger partial charge in [-0.15, -0.1) is 0 Å². The average Bonchev–Trinajstić information content (AvgIpc) is 3.21. The van der Waals surface area contributed by atoms with Crippen molar-refractivity contribution in [3.05, 3.63) is 35.4 Å². The van der Waals surface area contributed by atoms with Crippen LogP contribution >= 0.6 is 0 Å². The van der Waals surface area contributed by atoms with E-state index < -0.39 is 5.54 Å². The van der Waals surface area contributed by atoms with Gasteiger partial charge in [-0.2, -0.15) is 0 Å². The van der Waals surface area contributed by atoms with Crippen LogP contribution in [0.15, 0.2) is 24.3 Å². The first-order valence-electron chi connectivity index (χ1n) is 7.05. The lowest BCUT2D eigenvalue weighted by atomic mass is 9.91. The molecular formula is C16H23NO2. The van der Waals surface area contributed by atoms with Crippen molar-refractivity contribution < 1.29 is 9.53 Å². The zero-order valence-corrected chi connectivity index (χ0v) is 12.0. The highest BCUT2D eigenvalue weighted by Crippen LogP contribution is 2.30. The van der Waals surface area contributed by atoms with Crippen molar-refractivity contribution in [1.82, 2.24) is 5.32 Å². The largest absolute Gasteiger partial charge is 0.464 e. The fraction of sp³-hybridized carbons (Fsp3) is 0.562. The molecule has 1 unspecified atom stereocenters. The minimum atomic E-state index is -0.744. The Balaban J connectivity index is 2.20. The summed E-state index contributed by atoms with van der Waals surface area (Å²) in [4.78, 5) is 12.3. The Labute approximate surface area is 115 Å². The molecule has 104 valence electrons. The zero-order chi connectivity index (χ0) is 13.9. The third-order valence-electron chi connectivity index (χ3n) is 3.75. The Bertz CT molecular complexity index is 437. The molecule has 1 saturated carbocycles. The molecule has 2 rings (SSSR count). The minimum Gasteiger partial charge on any atom is -0.464 e. The number of hydrogen-bond donors (Lipinski definition) is 1. The standard InChI is InChI=1S/C16H23NO2/c1-4-19-15(18)16(3,17-11-13-7-8-13)14-9-5-12(2)6-10-14/h5-6,9-10,13,17H,4,7-8,11H2,1-3H3. The molecular weight excluding hydrogens is 238 g/mol. The van der Waals surface area contributed by atoms with Crippen LogP contribution in [0.3, 0.4) is 0 Å². The van der Waals surface area contributed by atoms with Gasteiger partial charge in [0.2, 0.25) is 0 Å². The Morgan fingerprint density at radius 3 is 2.53 bits per heavy atom. The Morgan fingerprint density at radius 1 is 1.37 bits per heavy atom. The van der Waals surface area contributed by atoms with Gasteiger partial charge in [-0.05, 0) is 51.6 Å². The van der Waals surface area contributed by atoms with Crippen molar-refractivity contribution in [3.8, 4) is 0 Å². The number of nitrogens with one attached hydrogen (secondary N) is 1. The molecule has 1 N–H and O–H groups in total. The van der Waals surface area contributed by atoms with Crippen LogP contribution in [0, 0.1) is 12.8 Å². The van der Waals surface area contributed by atoms with Gasteiger partial charge in [0, 0.05) is 0 Å². The van der Waals surface area contributed by atoms with Gasteiger partial charge in [0.25, 0.3) is 0 Å². The predicted molar refractivity (Wildman–Crippen MR) is 75.9 cm³/mol. The van der Waals surface area contributed by atoms with Crippen molar-refractivity contribution in [3.63, 3.8) is 0 Å². The molecule has 1 atom stereocenters. The molecule has 0 radical (unpaired) electrons. The van der Waals surface area contributed by atoms with Crippen LogP contribution in [0.1, 0.15) is 37.8 Å². The number of ether oxygens (including phenoxy) is 1. The highest BCUT2D eigenvalue weighted by atomic mass is 16.5. The zero-order valence-electron chi connectivity index (χ0n) is 12.0. The van der Waals surface area contributed by atoms with Crippen molar-refractivity contribution in [1.29, 1.82) is 0 Å². The number of esters is 1. The lowest BCUT2D eigenvalue weighted by Crippen LogP contribution is -2.48. The van der Waals surface area contributed by atoms with E-state index in [2.05, 4.69) is 5.32 Å². The van der Waals surface area contributed by atoms with Gasteiger partial charge in [0.15, 0.2) is 0 Å². The molecule has 3 heteroatoms. The van der Waals surface area contributed by atoms with Crippen molar-refractivity contribution in [2.75, 3.05) is 13.2 Å². The molecule has 1 aromatic rings. The van der Waals surface area contributed by atoms with Crippen LogP contribution in [0.25, 0.3) is 0 Å². The first-order valence-corrected chi connectivity index (χ1v) is 7.05. The second-order valence-electron chi connectivity index (χ2n) is 5.54. The van der Waals surface area contributed by atoms with Gasteiger partial charge in [0.05, 0.1) is 6.61 Å². The maximum Gasteiger partial charge on any atom is 0.330 e. The van der Waals surface area contributed by atoms with Crippen LogP contribution in [0.2, 0.25) is 0 Å². The van der Waals surface area contributed by atoms with E-state index in [1.165, 1.54) is 18.4 Å². The lowest BCUT2D eigenvalue weighted by molar-refractivity contribution is -0.151. The topological polar surface area (TPSA) is 38.3 Å². The van der Waals surface area contributed by atoms with E-state index in [0.717, 1.165) is 18.0 Å². The van der Waals surface area contributed by atoms with Crippen molar-refractivity contribution in [2.45, 2.75) is 39.2 Å². The summed E-state index contributed by atoms with van der Waals surface area (Å²) in [5.74, 6) is 0.527. The summed E-state index contributed by atoms with van der Waals surface area (Å²) >= 11 is 0. The minimum absolute atomic E-state index is 0.195. The highest BCUT2D eigenvalue weighted by Gasteiger charge is 2.37. The Hall–Kier alpha value is -1.35. The van der Waals surface area contributed by atoms with Gasteiger partial charge in [-0.25, -0.2) is 4.79 Å². The first-order chi connectivity index (χ1) is 9.06. The summed E-state index contributed by atoms with van der Waals surface area (Å²) < 4.78 is 5.24. The van der Waals surface area contributed by atoms with E-state index in [9.17, 15) is 4.79 Å². The Kier molecular flexibility index (Phi) is 4.25. The summed E-state index contributed by atoms with van der Waals surface area (Å²) in [6.07, 6.45) is 2.53. The van der Waals surface area contributed by atoms with Gasteiger partial charge >= 0.3 is 5.97 Å². The van der Waals surface area contributed by atoms with Crippen LogP contribution < -0.4 is 5.32 Å². The van der Waals surface area contributed by atoms with Crippen LogP contribution in [-0.2, 0) is 15.1 Å². The number of carbonyl (C=O) groups excluding carboxylic acids is 1. The molecule has 0 heterocycles. The first kappa shape index (κ1) is 14.1. The molecule has 1 aliphatic carbocycles. The summed E-state index contributed by atoms with van der Waals surface area (Å²) in [5, 5.41) is 3.40. The number of carbonyl (C=O) groups is 1. The molecule has 0 bridgehead atoms. The van der Waals surface area contributed by atoms with Crippen molar-refractivity contribution >= 4 is 5.97 Å². The third-order valence-corrected chi connectivity index (χ3v) is 3.75. The number of benzene rings is 1. The molecule has 19 heavy (non-hydrogen) atoms. The average molecular weight is 261 g/mol. The van der Waals surface area contributed by atoms with Gasteiger partial charge in [-0.3, -0.25) is 5.32 Å². The SMILES string of the molecule is CCOC(=O)C(C)(NCC1CC1)c1ccc(C)cc1. The molecule has 0 aliphatic heterocycles. The molecule has 0 saturated heterocycles. The number of rotatable bonds is 6. The summed E-state index contributed by atoms with van der Waals surface area (Å²) in [6, 6.07) is 8.08. The fourth-order valence-electron chi connectivity index (χ4n) is 2.12. The molecule has 0 spiro atoms. The highest BCUT2D eigenvalue weighted by molar-refractivity contribution is 5.82. The normalized spacial score (nSPS) is 17.8. The smallest absolute Gasteiger partial charge is 0.330 e. The quantitative estimate of drug-likeness (QED) is 0.800. The second kappa shape index (κ2) is 5.74. The summed E-state index contributed by atoms with van der Waals surface area (Å²) in [7, 11) is 0. The van der Waals surface area contributed by atoms with Crippen LogP contribution in [0.4, 0.5) is 0 Å².